The van der Waals surface area contributed by atoms with Gasteiger partial charge >= 0.3 is 17.9 Å². The number of hydrogen-bond acceptors (Lipinski definition) is 6. The van der Waals surface area contributed by atoms with E-state index in [4.69, 9.17) is 14.2 Å². The molecule has 6 heteroatoms. The van der Waals surface area contributed by atoms with E-state index < -0.39 is 6.10 Å². The molecule has 0 amide bonds. The van der Waals surface area contributed by atoms with Crippen LogP contribution in [0.3, 0.4) is 0 Å². The minimum atomic E-state index is -0.787. The summed E-state index contributed by atoms with van der Waals surface area (Å²) in [5.41, 5.74) is 0. The van der Waals surface area contributed by atoms with Crippen LogP contribution in [0.2, 0.25) is 0 Å². The van der Waals surface area contributed by atoms with Crippen molar-refractivity contribution in [3.05, 3.63) is 72.9 Å². The Balaban J connectivity index is 4.34. The highest BCUT2D eigenvalue weighted by Gasteiger charge is 2.19. The minimum Gasteiger partial charge on any atom is -0.462 e. The van der Waals surface area contributed by atoms with Gasteiger partial charge in [-0.15, -0.1) is 0 Å². The number of carbonyl (C=O) groups is 3. The molecule has 1 atom stereocenters. The number of carbonyl (C=O) groups excluding carboxylic acids is 3. The van der Waals surface area contributed by atoms with E-state index in [1.165, 1.54) is 199 Å². The summed E-state index contributed by atoms with van der Waals surface area (Å²) < 4.78 is 17.0. The Kier molecular flexibility index (Phi) is 62.7. The summed E-state index contributed by atoms with van der Waals surface area (Å²) in [6.07, 6.45) is 84.8. The van der Waals surface area contributed by atoms with Crippen LogP contribution in [-0.2, 0) is 28.6 Å². The Morgan fingerprint density at radius 2 is 0.506 bits per heavy atom. The number of esters is 3. The lowest BCUT2D eigenvalue weighted by molar-refractivity contribution is -0.167. The molecule has 0 bridgehead atoms. The molecule has 0 N–H and O–H groups in total. The first-order valence-corrected chi connectivity index (χ1v) is 33.4. The number of rotatable bonds is 61. The molecule has 1 unspecified atom stereocenters. The number of allylic oxidation sites excluding steroid dienone is 12. The first-order valence-electron chi connectivity index (χ1n) is 33.4. The highest BCUT2D eigenvalue weighted by atomic mass is 16.6. The van der Waals surface area contributed by atoms with Crippen molar-refractivity contribution in [3.8, 4) is 0 Å². The zero-order chi connectivity index (χ0) is 55.7. The zero-order valence-corrected chi connectivity index (χ0v) is 51.2. The molecule has 0 rings (SSSR count). The molecule has 0 aromatic heterocycles. The number of hydrogen-bond donors (Lipinski definition) is 0. The molecule has 446 valence electrons. The molecule has 0 radical (unpaired) electrons. The van der Waals surface area contributed by atoms with E-state index in [2.05, 4.69) is 93.7 Å². The van der Waals surface area contributed by atoms with Crippen molar-refractivity contribution in [2.75, 3.05) is 13.2 Å². The molecule has 0 saturated carbocycles. The van der Waals surface area contributed by atoms with Crippen LogP contribution in [0.4, 0.5) is 0 Å². The first-order chi connectivity index (χ1) is 38.0. The van der Waals surface area contributed by atoms with Gasteiger partial charge < -0.3 is 14.2 Å². The average Bonchev–Trinajstić information content (AvgIpc) is 3.43. The third kappa shape index (κ3) is 63.6. The molecule has 0 aliphatic heterocycles. The maximum absolute atomic E-state index is 12.9. The summed E-state index contributed by atoms with van der Waals surface area (Å²) in [6.45, 7) is 6.54. The summed E-state index contributed by atoms with van der Waals surface area (Å²) in [7, 11) is 0. The van der Waals surface area contributed by atoms with Gasteiger partial charge in [0.25, 0.3) is 0 Å². The molecule has 6 nitrogen and oxygen atoms in total. The van der Waals surface area contributed by atoms with Gasteiger partial charge in [-0.3, -0.25) is 14.4 Å². The van der Waals surface area contributed by atoms with Crippen LogP contribution in [0.25, 0.3) is 0 Å². The van der Waals surface area contributed by atoms with Gasteiger partial charge in [0.05, 0.1) is 0 Å². The van der Waals surface area contributed by atoms with Crippen LogP contribution >= 0.6 is 0 Å². The zero-order valence-electron chi connectivity index (χ0n) is 51.2. The smallest absolute Gasteiger partial charge is 0.306 e. The standard InChI is InChI=1S/C71H126O6/c1-4-7-10-13-16-19-22-25-28-30-32-34-35-37-38-40-43-46-49-52-55-58-61-64-70(73)76-67-68(66-75-69(72)63-60-57-54-51-48-45-42-27-24-21-18-15-12-9-6-3)77-71(74)65-62-59-56-53-50-47-44-41-39-36-33-31-29-26-23-20-17-14-11-8-5-2/h9,12,18,21,23,26-27,30-33,42,68H,4-8,10-11,13-17,19-20,22,24-25,28-29,34-41,43-67H2,1-3H3/b12-9-,21-18-,26-23-,32-30-,33-31-,42-27-. The fourth-order valence-electron chi connectivity index (χ4n) is 9.66. The van der Waals surface area contributed by atoms with E-state index in [1.54, 1.807) is 0 Å². The van der Waals surface area contributed by atoms with Crippen molar-refractivity contribution in [1.82, 2.24) is 0 Å². The summed E-state index contributed by atoms with van der Waals surface area (Å²) in [5, 5.41) is 0. The number of unbranched alkanes of at least 4 members (excludes halogenated alkanes) is 38. The Morgan fingerprint density at radius 1 is 0.273 bits per heavy atom. The normalized spacial score (nSPS) is 12.5. The minimum absolute atomic E-state index is 0.0815. The van der Waals surface area contributed by atoms with E-state index in [-0.39, 0.29) is 31.1 Å². The molecule has 77 heavy (non-hydrogen) atoms. The van der Waals surface area contributed by atoms with Crippen molar-refractivity contribution in [2.24, 2.45) is 0 Å². The monoisotopic (exact) mass is 1070 g/mol. The van der Waals surface area contributed by atoms with Crippen LogP contribution in [0, 0.1) is 0 Å². The van der Waals surface area contributed by atoms with Crippen molar-refractivity contribution in [3.63, 3.8) is 0 Å². The fourth-order valence-corrected chi connectivity index (χ4v) is 9.66. The van der Waals surface area contributed by atoms with Gasteiger partial charge in [0, 0.05) is 19.3 Å². The van der Waals surface area contributed by atoms with E-state index in [0.717, 1.165) is 103 Å². The van der Waals surface area contributed by atoms with Crippen molar-refractivity contribution < 1.29 is 28.6 Å². The summed E-state index contributed by atoms with van der Waals surface area (Å²) >= 11 is 0. The van der Waals surface area contributed by atoms with Crippen LogP contribution in [0.15, 0.2) is 72.9 Å². The maximum Gasteiger partial charge on any atom is 0.306 e. The summed E-state index contributed by atoms with van der Waals surface area (Å²) in [4.78, 5) is 38.4. The lowest BCUT2D eigenvalue weighted by Gasteiger charge is -2.18. The van der Waals surface area contributed by atoms with Gasteiger partial charge in [0.15, 0.2) is 6.10 Å². The largest absolute Gasteiger partial charge is 0.462 e. The average molecular weight is 1080 g/mol. The Labute approximate surface area is 478 Å². The maximum atomic E-state index is 12.9. The Hall–Kier alpha value is -3.15. The molecule has 0 spiro atoms. The molecule has 0 aliphatic carbocycles. The number of ether oxygens (including phenoxy) is 3. The topological polar surface area (TPSA) is 78.9 Å². The van der Waals surface area contributed by atoms with Crippen molar-refractivity contribution >= 4 is 17.9 Å². The van der Waals surface area contributed by atoms with E-state index in [0.29, 0.717) is 19.3 Å². The highest BCUT2D eigenvalue weighted by Crippen LogP contribution is 2.17. The van der Waals surface area contributed by atoms with Gasteiger partial charge in [-0.05, 0) is 109 Å². The van der Waals surface area contributed by atoms with E-state index in [9.17, 15) is 14.4 Å². The van der Waals surface area contributed by atoms with E-state index in [1.807, 2.05) is 0 Å². The third-order valence-corrected chi connectivity index (χ3v) is 14.7. The summed E-state index contributed by atoms with van der Waals surface area (Å²) in [6, 6.07) is 0. The van der Waals surface area contributed by atoms with Crippen molar-refractivity contribution in [1.29, 1.82) is 0 Å². The second-order valence-corrected chi connectivity index (χ2v) is 22.3. The predicted octanol–water partition coefficient (Wildman–Crippen LogP) is 22.9. The van der Waals surface area contributed by atoms with Gasteiger partial charge in [-0.25, -0.2) is 0 Å². The predicted molar refractivity (Wildman–Crippen MR) is 335 cm³/mol. The van der Waals surface area contributed by atoms with Gasteiger partial charge in [0.2, 0.25) is 0 Å². The SMILES string of the molecule is CC/C=C\C/C=C\C/C=C\CCCCCCCC(=O)OCC(COC(=O)CCCCCCCCCCCCC/C=C\CCCCCCCCCC)OC(=O)CCCCCCCCCCC/C=C\C/C=C\CCCCCCC. The molecule has 0 saturated heterocycles. The fraction of sp³-hybridized carbons (Fsp3) is 0.789. The lowest BCUT2D eigenvalue weighted by atomic mass is 10.0. The molecule has 0 aliphatic rings. The van der Waals surface area contributed by atoms with E-state index >= 15 is 0 Å². The highest BCUT2D eigenvalue weighted by molar-refractivity contribution is 5.71. The summed E-state index contributed by atoms with van der Waals surface area (Å²) in [5.74, 6) is -0.888. The van der Waals surface area contributed by atoms with Gasteiger partial charge in [-0.2, -0.15) is 0 Å². The molecule has 0 heterocycles. The second-order valence-electron chi connectivity index (χ2n) is 22.3. The van der Waals surface area contributed by atoms with Gasteiger partial charge in [0.1, 0.15) is 13.2 Å². The van der Waals surface area contributed by atoms with Crippen LogP contribution in [0.1, 0.15) is 342 Å². The Bertz CT molecular complexity index is 1420. The lowest BCUT2D eigenvalue weighted by Crippen LogP contribution is -2.30. The van der Waals surface area contributed by atoms with Gasteiger partial charge in [-0.1, -0.05) is 286 Å². The molecular formula is C71H126O6. The second kappa shape index (κ2) is 65.4. The quantitative estimate of drug-likeness (QED) is 0.0261. The van der Waals surface area contributed by atoms with Crippen LogP contribution in [0.5, 0.6) is 0 Å². The van der Waals surface area contributed by atoms with Crippen LogP contribution in [-0.4, -0.2) is 37.2 Å². The molecule has 0 fully saturated rings. The third-order valence-electron chi connectivity index (χ3n) is 14.7. The van der Waals surface area contributed by atoms with Crippen molar-refractivity contribution in [2.45, 2.75) is 348 Å². The Morgan fingerprint density at radius 3 is 0.805 bits per heavy atom. The first kappa shape index (κ1) is 73.8. The molecule has 0 aromatic carbocycles. The molecule has 0 aromatic rings. The van der Waals surface area contributed by atoms with Crippen LogP contribution < -0.4 is 0 Å². The molecular weight excluding hydrogens is 949 g/mol.